The Morgan fingerprint density at radius 3 is 2.00 bits per heavy atom. The van der Waals surface area contributed by atoms with E-state index in [1.807, 2.05) is 0 Å². The smallest absolute Gasteiger partial charge is 0.165 e. The van der Waals surface area contributed by atoms with Gasteiger partial charge in [-0.1, -0.05) is 0 Å². The number of hydrogen-bond acceptors (Lipinski definition) is 5. The van der Waals surface area contributed by atoms with E-state index in [1.54, 1.807) is 0 Å². The number of aliphatic hydroxyl groups is 1. The van der Waals surface area contributed by atoms with Crippen molar-refractivity contribution < 1.29 is 34.6 Å². The van der Waals surface area contributed by atoms with Crippen LogP contribution in [0.2, 0.25) is 0 Å². The molecule has 0 aromatic carbocycles. The second-order valence-electron chi connectivity index (χ2n) is 2.10. The van der Waals surface area contributed by atoms with Crippen molar-refractivity contribution in [2.75, 3.05) is 12.8 Å². The molecule has 0 bridgehead atoms. The molecule has 0 spiro atoms. The third-order valence-corrected chi connectivity index (χ3v) is 2.42. The molecule has 11 heavy (non-hydrogen) atoms. The van der Waals surface area contributed by atoms with Crippen LogP contribution < -0.4 is 11.5 Å². The predicted molar refractivity (Wildman–Crippen MR) is 37.9 cm³/mol. The molecule has 0 fully saturated rings. The monoisotopic (exact) mass is 363 g/mol. The fourth-order valence-corrected chi connectivity index (χ4v) is 1.10. The molecule has 5 nitrogen and oxygen atoms in total. The van der Waals surface area contributed by atoms with E-state index in [0.717, 1.165) is 6.26 Å². The molecule has 0 aliphatic carbocycles. The summed E-state index contributed by atoms with van der Waals surface area (Å²) in [6.45, 7) is -0.145. The zero-order chi connectivity index (χ0) is 8.36. The van der Waals surface area contributed by atoms with Gasteiger partial charge in [0.2, 0.25) is 0 Å². The minimum Gasteiger partial charge on any atom is -0.389 e. The molecule has 7 heteroatoms. The summed E-state index contributed by atoms with van der Waals surface area (Å²) < 4.78 is 21.2. The Labute approximate surface area is 80.3 Å². The van der Waals surface area contributed by atoms with Crippen molar-refractivity contribution in [3.05, 3.63) is 0 Å². The molecule has 0 rings (SSSR count). The second-order valence-corrected chi connectivity index (χ2v) is 4.30. The van der Waals surface area contributed by atoms with Crippen molar-refractivity contribution in [1.82, 2.24) is 0 Å². The van der Waals surface area contributed by atoms with Gasteiger partial charge in [-0.25, -0.2) is 8.42 Å². The van der Waals surface area contributed by atoms with Gasteiger partial charge < -0.3 is 16.6 Å². The van der Waals surface area contributed by atoms with Crippen LogP contribution in [0.25, 0.3) is 0 Å². The van der Waals surface area contributed by atoms with Crippen molar-refractivity contribution in [2.24, 2.45) is 11.5 Å². The molecule has 0 amide bonds. The summed E-state index contributed by atoms with van der Waals surface area (Å²) in [5.74, 6) is 0. The van der Waals surface area contributed by atoms with Crippen LogP contribution in [0, 0.1) is 0 Å². The molecule has 0 saturated heterocycles. The third-order valence-electron chi connectivity index (χ3n) is 1.12. The molecule has 0 aromatic rings. The molecule has 2 atom stereocenters. The van der Waals surface area contributed by atoms with E-state index in [-0.39, 0.29) is 27.6 Å². The second kappa shape index (κ2) is 5.21. The maximum absolute atomic E-state index is 10.6. The van der Waals surface area contributed by atoms with Gasteiger partial charge in [-0.2, -0.15) is 0 Å². The van der Waals surface area contributed by atoms with Crippen LogP contribution in [0.4, 0.5) is 0 Å². The summed E-state index contributed by atoms with van der Waals surface area (Å²) in [4.78, 5) is 0. The molecular weight excluding hydrogens is 351 g/mol. The van der Waals surface area contributed by atoms with Crippen molar-refractivity contribution >= 4 is 9.84 Å². The maximum Gasteiger partial charge on any atom is 0.165 e. The minimum atomic E-state index is -3.37. The van der Waals surface area contributed by atoms with Gasteiger partial charge in [-0.15, -0.1) is 0 Å². The van der Waals surface area contributed by atoms with Crippen LogP contribution in [0.5, 0.6) is 0 Å². The van der Waals surface area contributed by atoms with Crippen molar-refractivity contribution in [3.63, 3.8) is 0 Å². The van der Waals surface area contributed by atoms with Gasteiger partial charge in [0.15, 0.2) is 9.84 Å². The molecule has 2 unspecified atom stereocenters. The largest absolute Gasteiger partial charge is 0.389 e. The molecule has 0 heterocycles. The summed E-state index contributed by atoms with van der Waals surface area (Å²) in [6.07, 6.45) is -0.216. The van der Waals surface area contributed by atoms with E-state index in [0.29, 0.717) is 0 Å². The van der Waals surface area contributed by atoms with Crippen LogP contribution in [0.15, 0.2) is 0 Å². The van der Waals surface area contributed by atoms with Gasteiger partial charge in [-0.05, 0) is 0 Å². The average Bonchev–Trinajstić information content (AvgIpc) is 1.83. The van der Waals surface area contributed by atoms with Gasteiger partial charge in [0.25, 0.3) is 0 Å². The van der Waals surface area contributed by atoms with Crippen molar-refractivity contribution in [1.29, 1.82) is 0 Å². The molecule has 0 saturated carbocycles. The fraction of sp³-hybridized carbons (Fsp3) is 1.00. The molecule has 72 valence electrons. The zero-order valence-corrected chi connectivity index (χ0v) is 9.09. The average molecular weight is 363 g/mol. The van der Waals surface area contributed by atoms with Gasteiger partial charge in [0.1, 0.15) is 5.37 Å². The first-order valence-electron chi connectivity index (χ1n) is 2.72. The first kappa shape index (κ1) is 14.1. The van der Waals surface area contributed by atoms with Gasteiger partial charge in [-0.3, -0.25) is 0 Å². The summed E-state index contributed by atoms with van der Waals surface area (Å²) in [5, 5.41) is 7.57. The molecule has 0 radical (unpaired) electrons. The summed E-state index contributed by atoms with van der Waals surface area (Å²) in [7, 11) is -3.37. The van der Waals surface area contributed by atoms with Crippen molar-refractivity contribution in [2.45, 2.75) is 11.5 Å². The Kier molecular flexibility index (Phi) is 6.67. The number of sulfone groups is 1. The van der Waals surface area contributed by atoms with Crippen LogP contribution in [0.1, 0.15) is 0 Å². The van der Waals surface area contributed by atoms with E-state index in [1.165, 1.54) is 0 Å². The number of rotatable bonds is 3. The maximum atomic E-state index is 10.6. The van der Waals surface area contributed by atoms with E-state index < -0.39 is 21.3 Å². The van der Waals surface area contributed by atoms with E-state index in [4.69, 9.17) is 16.6 Å². The SMILES string of the molecule is CS(=O)(=O)C(N)C(O)CN.[Pt]. The zero-order valence-electron chi connectivity index (χ0n) is 6.00. The third kappa shape index (κ3) is 4.87. The molecule has 0 aromatic heterocycles. The van der Waals surface area contributed by atoms with Gasteiger partial charge in [0.05, 0.1) is 6.10 Å². The van der Waals surface area contributed by atoms with Crippen molar-refractivity contribution in [3.8, 4) is 0 Å². The summed E-state index contributed by atoms with van der Waals surface area (Å²) in [5.41, 5.74) is 10.1. The van der Waals surface area contributed by atoms with Crippen LogP contribution in [-0.4, -0.2) is 37.8 Å². The Morgan fingerprint density at radius 2 is 1.91 bits per heavy atom. The number of nitrogens with two attached hydrogens (primary N) is 2. The Morgan fingerprint density at radius 1 is 1.55 bits per heavy atom. The van der Waals surface area contributed by atoms with Gasteiger partial charge in [0, 0.05) is 33.9 Å². The summed E-state index contributed by atoms with van der Waals surface area (Å²) >= 11 is 0. The Hall–Kier alpha value is 0.518. The minimum absolute atomic E-state index is 0. The molecule has 0 aliphatic heterocycles. The quantitative estimate of drug-likeness (QED) is 0.520. The number of hydrogen-bond donors (Lipinski definition) is 3. The van der Waals surface area contributed by atoms with E-state index in [9.17, 15) is 8.42 Å². The first-order valence-corrected chi connectivity index (χ1v) is 4.67. The number of aliphatic hydroxyl groups excluding tert-OH is 1. The normalized spacial score (nSPS) is 16.7. The van der Waals surface area contributed by atoms with E-state index in [2.05, 4.69) is 0 Å². The van der Waals surface area contributed by atoms with Crippen LogP contribution in [0.3, 0.4) is 0 Å². The molecular formula is C4H12N2O3PtS. The Balaban J connectivity index is 0. The fourth-order valence-electron chi connectivity index (χ4n) is 0.419. The molecule has 5 N–H and O–H groups in total. The van der Waals surface area contributed by atoms with Crippen LogP contribution in [-0.2, 0) is 30.9 Å². The van der Waals surface area contributed by atoms with Crippen LogP contribution >= 0.6 is 0 Å². The standard InChI is InChI=1S/C4H12N2O3S.Pt/c1-10(8,9)4(6)3(7)2-5;/h3-4,7H,2,5-6H2,1H3;. The Bertz CT molecular complexity index is 194. The summed E-state index contributed by atoms with van der Waals surface area (Å²) in [6, 6.07) is 0. The first-order chi connectivity index (χ1) is 4.39. The predicted octanol–water partition coefficient (Wildman–Crippen LogP) is -2.37. The topological polar surface area (TPSA) is 106 Å². The van der Waals surface area contributed by atoms with E-state index >= 15 is 0 Å². The van der Waals surface area contributed by atoms with Gasteiger partial charge >= 0.3 is 0 Å². The molecule has 0 aliphatic rings.